The fourth-order valence-electron chi connectivity index (χ4n) is 3.18. The second-order valence-corrected chi connectivity index (χ2v) is 7.25. The summed E-state index contributed by atoms with van der Waals surface area (Å²) in [6.07, 6.45) is 0. The van der Waals surface area contributed by atoms with E-state index in [1.54, 1.807) is 13.1 Å². The largest absolute Gasteiger partial charge is 0.492 e. The van der Waals surface area contributed by atoms with Gasteiger partial charge in [0.1, 0.15) is 12.4 Å². The van der Waals surface area contributed by atoms with E-state index in [1.165, 1.54) is 11.1 Å². The van der Waals surface area contributed by atoms with E-state index in [2.05, 4.69) is 44.8 Å². The van der Waals surface area contributed by atoms with Crippen molar-refractivity contribution in [2.45, 2.75) is 13.1 Å². The molecule has 0 atom stereocenters. The van der Waals surface area contributed by atoms with Gasteiger partial charge in [0, 0.05) is 38.2 Å². The molecule has 2 aromatic carbocycles. The number of rotatable bonds is 8. The SMILES string of the molecule is CN=C(NCCOc1cccc(Cl)c1)NCc1ccccc1CN1CCOCC1. The van der Waals surface area contributed by atoms with Crippen LogP contribution >= 0.6 is 11.6 Å². The third kappa shape index (κ3) is 7.24. The van der Waals surface area contributed by atoms with Crippen LogP contribution in [-0.4, -0.2) is 57.4 Å². The highest BCUT2D eigenvalue weighted by Gasteiger charge is 2.12. The molecule has 1 heterocycles. The Morgan fingerprint density at radius 1 is 1.10 bits per heavy atom. The van der Waals surface area contributed by atoms with Crippen molar-refractivity contribution in [3.8, 4) is 5.75 Å². The van der Waals surface area contributed by atoms with Crippen LogP contribution in [-0.2, 0) is 17.8 Å². The minimum atomic E-state index is 0.522. The summed E-state index contributed by atoms with van der Waals surface area (Å²) in [6, 6.07) is 15.9. The second kappa shape index (κ2) is 11.7. The van der Waals surface area contributed by atoms with E-state index in [4.69, 9.17) is 21.1 Å². The molecule has 2 N–H and O–H groups in total. The molecule has 0 saturated carbocycles. The average Bonchev–Trinajstić information content (AvgIpc) is 2.75. The molecule has 0 bridgehead atoms. The Kier molecular flexibility index (Phi) is 8.61. The van der Waals surface area contributed by atoms with Crippen LogP contribution < -0.4 is 15.4 Å². The van der Waals surface area contributed by atoms with E-state index >= 15 is 0 Å². The maximum Gasteiger partial charge on any atom is 0.191 e. The van der Waals surface area contributed by atoms with Crippen LogP contribution in [0.1, 0.15) is 11.1 Å². The number of nitrogens with one attached hydrogen (secondary N) is 2. The van der Waals surface area contributed by atoms with Gasteiger partial charge in [-0.05, 0) is 29.3 Å². The molecule has 1 aliphatic rings. The molecule has 1 fully saturated rings. The summed E-state index contributed by atoms with van der Waals surface area (Å²) in [4.78, 5) is 6.73. The van der Waals surface area contributed by atoms with Crippen LogP contribution in [0.4, 0.5) is 0 Å². The van der Waals surface area contributed by atoms with Gasteiger partial charge in [0.2, 0.25) is 0 Å². The number of morpholine rings is 1. The molecule has 0 aliphatic carbocycles. The molecule has 6 nitrogen and oxygen atoms in total. The quantitative estimate of drug-likeness (QED) is 0.393. The van der Waals surface area contributed by atoms with Gasteiger partial charge in [-0.1, -0.05) is 41.9 Å². The van der Waals surface area contributed by atoms with Gasteiger partial charge >= 0.3 is 0 Å². The van der Waals surface area contributed by atoms with E-state index in [-0.39, 0.29) is 0 Å². The standard InChI is InChI=1S/C22H29ClN4O2/c1-24-22(25-9-12-29-21-8-4-7-20(23)15-21)26-16-18-5-2-3-6-19(18)17-27-10-13-28-14-11-27/h2-8,15H,9-14,16-17H2,1H3,(H2,24,25,26). The molecule has 0 unspecified atom stereocenters. The number of benzene rings is 2. The molecular formula is C22H29ClN4O2. The third-order valence-corrected chi connectivity index (χ3v) is 4.98. The summed E-state index contributed by atoms with van der Waals surface area (Å²) in [5, 5.41) is 7.34. The van der Waals surface area contributed by atoms with E-state index in [0.717, 1.165) is 51.1 Å². The molecule has 156 valence electrons. The van der Waals surface area contributed by atoms with Gasteiger partial charge < -0.3 is 20.1 Å². The van der Waals surface area contributed by atoms with Crippen LogP contribution in [0.25, 0.3) is 0 Å². The Hall–Kier alpha value is -2.28. The van der Waals surface area contributed by atoms with Gasteiger partial charge in [-0.2, -0.15) is 0 Å². The summed E-state index contributed by atoms with van der Waals surface area (Å²) in [5.41, 5.74) is 2.61. The predicted molar refractivity (Wildman–Crippen MR) is 118 cm³/mol. The maximum atomic E-state index is 5.97. The highest BCUT2D eigenvalue weighted by atomic mass is 35.5. The minimum Gasteiger partial charge on any atom is -0.492 e. The highest BCUT2D eigenvalue weighted by molar-refractivity contribution is 6.30. The lowest BCUT2D eigenvalue weighted by molar-refractivity contribution is 0.0341. The molecule has 0 radical (unpaired) electrons. The molecule has 2 aromatic rings. The number of ether oxygens (including phenoxy) is 2. The van der Waals surface area contributed by atoms with Crippen LogP contribution in [0.2, 0.25) is 5.02 Å². The minimum absolute atomic E-state index is 0.522. The smallest absolute Gasteiger partial charge is 0.191 e. The van der Waals surface area contributed by atoms with Crippen molar-refractivity contribution < 1.29 is 9.47 Å². The monoisotopic (exact) mass is 416 g/mol. The molecule has 0 aromatic heterocycles. The van der Waals surface area contributed by atoms with Crippen molar-refractivity contribution in [1.82, 2.24) is 15.5 Å². The topological polar surface area (TPSA) is 58.1 Å². The first kappa shape index (κ1) is 21.4. The summed E-state index contributed by atoms with van der Waals surface area (Å²) >= 11 is 5.97. The zero-order valence-corrected chi connectivity index (χ0v) is 17.6. The van der Waals surface area contributed by atoms with Crippen molar-refractivity contribution in [3.63, 3.8) is 0 Å². The maximum absolute atomic E-state index is 5.97. The predicted octanol–water partition coefficient (Wildman–Crippen LogP) is 2.92. The molecule has 0 spiro atoms. The third-order valence-electron chi connectivity index (χ3n) is 4.75. The number of aliphatic imine (C=N–C) groups is 1. The van der Waals surface area contributed by atoms with Gasteiger partial charge in [0.05, 0.1) is 19.8 Å². The van der Waals surface area contributed by atoms with Crippen molar-refractivity contribution in [2.24, 2.45) is 4.99 Å². The van der Waals surface area contributed by atoms with Gasteiger partial charge in [0.15, 0.2) is 5.96 Å². The fraction of sp³-hybridized carbons (Fsp3) is 0.409. The van der Waals surface area contributed by atoms with Crippen LogP contribution in [0.3, 0.4) is 0 Å². The Labute approximate surface area is 177 Å². The van der Waals surface area contributed by atoms with Crippen LogP contribution in [0.15, 0.2) is 53.5 Å². The Morgan fingerprint density at radius 2 is 1.90 bits per heavy atom. The first-order chi connectivity index (χ1) is 14.2. The van der Waals surface area contributed by atoms with Crippen LogP contribution in [0, 0.1) is 0 Å². The second-order valence-electron chi connectivity index (χ2n) is 6.82. The van der Waals surface area contributed by atoms with Crippen molar-refractivity contribution in [3.05, 3.63) is 64.7 Å². The summed E-state index contributed by atoms with van der Waals surface area (Å²) in [6.45, 7) is 6.42. The first-order valence-electron chi connectivity index (χ1n) is 9.94. The molecular weight excluding hydrogens is 388 g/mol. The zero-order valence-electron chi connectivity index (χ0n) is 16.9. The Morgan fingerprint density at radius 3 is 2.66 bits per heavy atom. The number of hydrogen-bond acceptors (Lipinski definition) is 4. The van der Waals surface area contributed by atoms with E-state index in [9.17, 15) is 0 Å². The number of guanidine groups is 1. The summed E-state index contributed by atoms with van der Waals surface area (Å²) in [5.74, 6) is 1.51. The van der Waals surface area contributed by atoms with E-state index < -0.39 is 0 Å². The van der Waals surface area contributed by atoms with Crippen molar-refractivity contribution >= 4 is 17.6 Å². The molecule has 1 saturated heterocycles. The van der Waals surface area contributed by atoms with E-state index in [1.807, 2.05) is 18.2 Å². The molecule has 3 rings (SSSR count). The lowest BCUT2D eigenvalue weighted by Crippen LogP contribution is -2.39. The number of halogens is 1. The molecule has 0 amide bonds. The molecule has 7 heteroatoms. The Bertz CT molecular complexity index is 794. The first-order valence-corrected chi connectivity index (χ1v) is 10.3. The van der Waals surface area contributed by atoms with Gasteiger partial charge in [-0.15, -0.1) is 0 Å². The number of nitrogens with zero attached hydrogens (tertiary/aromatic N) is 2. The fourth-order valence-corrected chi connectivity index (χ4v) is 3.36. The average molecular weight is 417 g/mol. The zero-order chi connectivity index (χ0) is 20.3. The Balaban J connectivity index is 1.44. The summed E-state index contributed by atoms with van der Waals surface area (Å²) < 4.78 is 11.1. The summed E-state index contributed by atoms with van der Waals surface area (Å²) in [7, 11) is 1.77. The number of hydrogen-bond donors (Lipinski definition) is 2. The van der Waals surface area contributed by atoms with E-state index in [0.29, 0.717) is 18.2 Å². The van der Waals surface area contributed by atoms with Crippen LogP contribution in [0.5, 0.6) is 5.75 Å². The van der Waals surface area contributed by atoms with Crippen molar-refractivity contribution in [1.29, 1.82) is 0 Å². The van der Waals surface area contributed by atoms with Gasteiger partial charge in [-0.3, -0.25) is 9.89 Å². The lowest BCUT2D eigenvalue weighted by atomic mass is 10.1. The van der Waals surface area contributed by atoms with Crippen molar-refractivity contribution in [2.75, 3.05) is 46.5 Å². The lowest BCUT2D eigenvalue weighted by Gasteiger charge is -2.27. The molecule has 29 heavy (non-hydrogen) atoms. The molecule has 1 aliphatic heterocycles. The van der Waals surface area contributed by atoms with Gasteiger partial charge in [0.25, 0.3) is 0 Å². The highest BCUT2D eigenvalue weighted by Crippen LogP contribution is 2.16. The van der Waals surface area contributed by atoms with Gasteiger partial charge in [-0.25, -0.2) is 0 Å². The normalized spacial score (nSPS) is 15.2.